The molecule has 2 nitrogen and oxygen atoms in total. The molecule has 1 atom stereocenters. The summed E-state index contributed by atoms with van der Waals surface area (Å²) in [5, 5.41) is 8.77. The lowest BCUT2D eigenvalue weighted by Crippen LogP contribution is -2.18. The van der Waals surface area contributed by atoms with Gasteiger partial charge >= 0.3 is 5.97 Å². The molecule has 0 aromatic rings. The second-order valence-corrected chi connectivity index (χ2v) is 3.21. The van der Waals surface area contributed by atoms with E-state index in [9.17, 15) is 13.6 Å². The van der Waals surface area contributed by atoms with Crippen molar-refractivity contribution < 1.29 is 18.7 Å². The predicted molar refractivity (Wildman–Crippen MR) is 48.0 cm³/mol. The highest BCUT2D eigenvalue weighted by Crippen LogP contribution is 2.34. The smallest absolute Gasteiger partial charge is 0.311 e. The van der Waals surface area contributed by atoms with Crippen LogP contribution in [0, 0.1) is 5.92 Å². The third kappa shape index (κ3) is 2.00. The Balaban J connectivity index is 3.04. The van der Waals surface area contributed by atoms with Gasteiger partial charge in [0.2, 0.25) is 0 Å². The van der Waals surface area contributed by atoms with Crippen LogP contribution in [0.15, 0.2) is 23.3 Å². The van der Waals surface area contributed by atoms with Gasteiger partial charge in [0.15, 0.2) is 0 Å². The molecule has 14 heavy (non-hydrogen) atoms. The Morgan fingerprint density at radius 1 is 1.64 bits per heavy atom. The van der Waals surface area contributed by atoms with Gasteiger partial charge in [-0.25, -0.2) is 8.78 Å². The normalized spacial score (nSPS) is 19.2. The maximum absolute atomic E-state index is 13.2. The molecule has 1 N–H and O–H groups in total. The van der Waals surface area contributed by atoms with E-state index in [2.05, 4.69) is 0 Å². The number of carboxylic acids is 1. The van der Waals surface area contributed by atoms with E-state index in [4.69, 9.17) is 5.11 Å². The van der Waals surface area contributed by atoms with Gasteiger partial charge in [-0.2, -0.15) is 0 Å². The minimum atomic E-state index is -1.18. The Hall–Kier alpha value is -1.19. The topological polar surface area (TPSA) is 37.3 Å². The van der Waals surface area contributed by atoms with E-state index in [1.54, 1.807) is 6.92 Å². The van der Waals surface area contributed by atoms with Gasteiger partial charge in [-0.1, -0.05) is 6.92 Å². The van der Waals surface area contributed by atoms with E-state index in [-0.39, 0.29) is 18.4 Å². The Kier molecular flexibility index (Phi) is 3.38. The molecule has 4 heteroatoms. The van der Waals surface area contributed by atoms with Gasteiger partial charge in [-0.3, -0.25) is 4.79 Å². The van der Waals surface area contributed by atoms with Crippen LogP contribution in [0.4, 0.5) is 8.78 Å². The van der Waals surface area contributed by atoms with Crippen LogP contribution >= 0.6 is 0 Å². The molecule has 0 aromatic heterocycles. The van der Waals surface area contributed by atoms with E-state index < -0.39 is 23.5 Å². The van der Waals surface area contributed by atoms with Crippen molar-refractivity contribution in [2.45, 2.75) is 26.2 Å². The third-order valence-corrected chi connectivity index (χ3v) is 2.29. The summed E-state index contributed by atoms with van der Waals surface area (Å²) in [5.41, 5.74) is -0.272. The van der Waals surface area contributed by atoms with Gasteiger partial charge in [-0.05, 0) is 18.9 Å². The van der Waals surface area contributed by atoms with E-state index in [1.807, 2.05) is 0 Å². The number of allylic oxidation sites excluding steroid dienone is 3. The predicted octanol–water partition coefficient (Wildman–Crippen LogP) is 2.97. The lowest BCUT2D eigenvalue weighted by Gasteiger charge is -2.17. The van der Waals surface area contributed by atoms with Crippen LogP contribution in [0.1, 0.15) is 26.2 Å². The van der Waals surface area contributed by atoms with Gasteiger partial charge in [-0.15, -0.1) is 0 Å². The van der Waals surface area contributed by atoms with E-state index >= 15 is 0 Å². The summed E-state index contributed by atoms with van der Waals surface area (Å²) in [5.74, 6) is -3.59. The van der Waals surface area contributed by atoms with Crippen molar-refractivity contribution in [1.82, 2.24) is 0 Å². The number of carboxylic acid groups (broad SMARTS) is 1. The van der Waals surface area contributed by atoms with Gasteiger partial charge in [0.25, 0.3) is 0 Å². The van der Waals surface area contributed by atoms with Crippen LogP contribution < -0.4 is 0 Å². The average molecular weight is 202 g/mol. The van der Waals surface area contributed by atoms with Gasteiger partial charge in [0.1, 0.15) is 11.7 Å². The van der Waals surface area contributed by atoms with E-state index in [0.717, 1.165) is 0 Å². The first kappa shape index (κ1) is 10.9. The lowest BCUT2D eigenvalue weighted by molar-refractivity contribution is -0.140. The standard InChI is InChI=1S/C10H12F2O2/c1-2-6(10(13)14)9-7(11)4-3-5-8(9)12/h4,6H,2-3,5H2,1H3,(H,13,14). The molecule has 1 aliphatic rings. The zero-order valence-electron chi connectivity index (χ0n) is 7.89. The Labute approximate surface area is 80.9 Å². The number of hydrogen-bond donors (Lipinski definition) is 1. The molecule has 0 aliphatic heterocycles. The lowest BCUT2D eigenvalue weighted by atomic mass is 9.90. The summed E-state index contributed by atoms with van der Waals surface area (Å²) in [6, 6.07) is 0. The molecule has 0 fully saturated rings. The molecule has 1 unspecified atom stereocenters. The highest BCUT2D eigenvalue weighted by atomic mass is 19.1. The van der Waals surface area contributed by atoms with Crippen molar-refractivity contribution in [2.24, 2.45) is 5.92 Å². The van der Waals surface area contributed by atoms with Gasteiger partial charge < -0.3 is 5.11 Å². The Morgan fingerprint density at radius 2 is 2.29 bits per heavy atom. The quantitative estimate of drug-likeness (QED) is 0.763. The maximum atomic E-state index is 13.2. The molecular formula is C10H12F2O2. The van der Waals surface area contributed by atoms with Crippen LogP contribution in [0.25, 0.3) is 0 Å². The summed E-state index contributed by atoms with van der Waals surface area (Å²) in [6.45, 7) is 1.60. The molecule has 0 aromatic carbocycles. The van der Waals surface area contributed by atoms with Crippen molar-refractivity contribution in [1.29, 1.82) is 0 Å². The van der Waals surface area contributed by atoms with Crippen LogP contribution in [-0.2, 0) is 4.79 Å². The minimum absolute atomic E-state index is 0.104. The highest BCUT2D eigenvalue weighted by Gasteiger charge is 2.28. The second kappa shape index (κ2) is 4.35. The van der Waals surface area contributed by atoms with Crippen LogP contribution in [0.3, 0.4) is 0 Å². The fraction of sp³-hybridized carbons (Fsp3) is 0.500. The Morgan fingerprint density at radius 3 is 2.71 bits per heavy atom. The van der Waals surface area contributed by atoms with Gasteiger partial charge in [0, 0.05) is 12.0 Å². The Bertz CT molecular complexity index is 305. The van der Waals surface area contributed by atoms with Crippen LogP contribution in [-0.4, -0.2) is 11.1 Å². The van der Waals surface area contributed by atoms with Crippen molar-refractivity contribution in [2.75, 3.05) is 0 Å². The van der Waals surface area contributed by atoms with E-state index in [1.165, 1.54) is 6.08 Å². The summed E-state index contributed by atoms with van der Waals surface area (Å²) in [6.07, 6.45) is 1.84. The van der Waals surface area contributed by atoms with Crippen molar-refractivity contribution in [3.05, 3.63) is 23.3 Å². The summed E-state index contributed by atoms with van der Waals surface area (Å²) in [7, 11) is 0. The summed E-state index contributed by atoms with van der Waals surface area (Å²) in [4.78, 5) is 10.7. The molecule has 0 spiro atoms. The van der Waals surface area contributed by atoms with Crippen molar-refractivity contribution >= 4 is 5.97 Å². The number of carbonyl (C=O) groups is 1. The van der Waals surface area contributed by atoms with E-state index in [0.29, 0.717) is 6.42 Å². The van der Waals surface area contributed by atoms with Gasteiger partial charge in [0.05, 0.1) is 5.92 Å². The molecule has 0 radical (unpaired) electrons. The number of hydrogen-bond acceptors (Lipinski definition) is 1. The largest absolute Gasteiger partial charge is 0.481 e. The molecule has 1 aliphatic carbocycles. The fourth-order valence-corrected chi connectivity index (χ4v) is 1.56. The first-order chi connectivity index (χ1) is 6.57. The first-order valence-corrected chi connectivity index (χ1v) is 4.55. The zero-order chi connectivity index (χ0) is 10.7. The van der Waals surface area contributed by atoms with Crippen LogP contribution in [0.2, 0.25) is 0 Å². The fourth-order valence-electron chi connectivity index (χ4n) is 1.56. The molecular weight excluding hydrogens is 190 g/mol. The average Bonchev–Trinajstić information content (AvgIpc) is 2.10. The number of halogens is 2. The van der Waals surface area contributed by atoms with Crippen molar-refractivity contribution in [3.8, 4) is 0 Å². The summed E-state index contributed by atoms with van der Waals surface area (Å²) < 4.78 is 26.4. The number of rotatable bonds is 3. The molecule has 0 saturated carbocycles. The maximum Gasteiger partial charge on any atom is 0.311 e. The molecule has 78 valence electrons. The second-order valence-electron chi connectivity index (χ2n) is 3.21. The SMILES string of the molecule is CCC(C(=O)O)C1=C(F)CCC=C1F. The minimum Gasteiger partial charge on any atom is -0.481 e. The highest BCUT2D eigenvalue weighted by molar-refractivity contribution is 5.75. The van der Waals surface area contributed by atoms with Crippen LogP contribution in [0.5, 0.6) is 0 Å². The third-order valence-electron chi connectivity index (χ3n) is 2.29. The molecule has 0 saturated heterocycles. The van der Waals surface area contributed by atoms with Crippen molar-refractivity contribution in [3.63, 3.8) is 0 Å². The monoisotopic (exact) mass is 202 g/mol. The molecule has 0 amide bonds. The molecule has 1 rings (SSSR count). The number of aliphatic carboxylic acids is 1. The molecule has 0 bridgehead atoms. The first-order valence-electron chi connectivity index (χ1n) is 4.55. The zero-order valence-corrected chi connectivity index (χ0v) is 7.89. The summed E-state index contributed by atoms with van der Waals surface area (Å²) >= 11 is 0. The molecule has 0 heterocycles.